The van der Waals surface area contributed by atoms with Crippen LogP contribution in [0.25, 0.3) is 22.8 Å². The van der Waals surface area contributed by atoms with Gasteiger partial charge in [0.15, 0.2) is 0 Å². The molecule has 0 atom stereocenters. The van der Waals surface area contributed by atoms with Crippen molar-refractivity contribution in [1.29, 1.82) is 0 Å². The minimum atomic E-state index is -6.12. The average molecular weight is 678 g/mol. The van der Waals surface area contributed by atoms with Gasteiger partial charge in [0.2, 0.25) is 5.82 Å². The Labute approximate surface area is 195 Å². The van der Waals surface area contributed by atoms with Gasteiger partial charge in [-0.3, -0.25) is 9.97 Å². The summed E-state index contributed by atoms with van der Waals surface area (Å²) in [5, 5.41) is 3.93. The van der Waals surface area contributed by atoms with Gasteiger partial charge in [0.1, 0.15) is 0 Å². The van der Waals surface area contributed by atoms with Crippen LogP contribution in [0.5, 0.6) is 0 Å². The quantitative estimate of drug-likeness (QED) is 0.175. The second-order valence-electron chi connectivity index (χ2n) is 5.54. The number of hydrogen-bond donors (Lipinski definition) is 0. The summed E-state index contributed by atoms with van der Waals surface area (Å²) >= 11 is -0.631. The number of alkyl halides is 10. The van der Waals surface area contributed by atoms with Gasteiger partial charge in [-0.2, -0.15) is 40.1 Å². The minimum absolute atomic E-state index is 0.315. The van der Waals surface area contributed by atoms with Crippen LogP contribution in [0.4, 0.5) is 35.1 Å². The zero-order valence-corrected chi connectivity index (χ0v) is 18.9. The smallest absolute Gasteiger partial charge is 0.334 e. The molecule has 168 valence electrons. The maximum Gasteiger partial charge on any atom is 0.388 e. The largest absolute Gasteiger partial charge is 0.388 e. The van der Waals surface area contributed by atoms with E-state index in [1.165, 1.54) is 0 Å². The fourth-order valence-electron chi connectivity index (χ4n) is 1.81. The standard InChI is InChI=1S/C12H8N4O.C4F8I2/c1-5-13-6-2-9(1)11-15-12(17-16-11)10-3-7-14-8-4-10;5-1(6,3(9,10)13)2(7,8)4(11,12)14/h1-8H;. The molecule has 3 aromatic rings. The highest BCUT2D eigenvalue weighted by atomic mass is 127. The lowest BCUT2D eigenvalue weighted by atomic mass is 10.2. The van der Waals surface area contributed by atoms with E-state index >= 15 is 0 Å². The molecular formula is C16H8F8I2N4O. The first kappa shape index (κ1) is 25.6. The molecule has 31 heavy (non-hydrogen) atoms. The molecule has 0 aromatic carbocycles. The maximum atomic E-state index is 12.2. The molecular weight excluding hydrogens is 670 g/mol. The van der Waals surface area contributed by atoms with E-state index in [1.807, 2.05) is 24.3 Å². The van der Waals surface area contributed by atoms with Crippen molar-refractivity contribution in [2.45, 2.75) is 19.7 Å². The van der Waals surface area contributed by atoms with E-state index in [-0.39, 0.29) is 45.2 Å². The summed E-state index contributed by atoms with van der Waals surface area (Å²) in [4.78, 5) is 12.2. The second-order valence-corrected chi connectivity index (χ2v) is 8.25. The highest BCUT2D eigenvalue weighted by Gasteiger charge is 2.79. The first-order valence-electron chi connectivity index (χ1n) is 7.72. The molecule has 0 spiro atoms. The van der Waals surface area contributed by atoms with E-state index in [2.05, 4.69) is 20.1 Å². The molecule has 3 aromatic heterocycles. The molecule has 5 nitrogen and oxygen atoms in total. The molecule has 0 fully saturated rings. The van der Waals surface area contributed by atoms with Crippen LogP contribution in [-0.4, -0.2) is 39.8 Å². The van der Waals surface area contributed by atoms with Crippen molar-refractivity contribution in [2.24, 2.45) is 0 Å². The highest BCUT2D eigenvalue weighted by molar-refractivity contribution is 14.1. The lowest BCUT2D eigenvalue weighted by Crippen LogP contribution is -2.58. The molecule has 3 rings (SSSR count). The Morgan fingerprint density at radius 3 is 1.42 bits per heavy atom. The van der Waals surface area contributed by atoms with Crippen molar-refractivity contribution < 1.29 is 39.6 Å². The van der Waals surface area contributed by atoms with Crippen molar-refractivity contribution in [3.63, 3.8) is 0 Å². The van der Waals surface area contributed by atoms with Crippen molar-refractivity contribution >= 4 is 45.2 Å². The van der Waals surface area contributed by atoms with Crippen molar-refractivity contribution in [2.75, 3.05) is 0 Å². The average Bonchev–Trinajstić information content (AvgIpc) is 3.18. The van der Waals surface area contributed by atoms with Gasteiger partial charge < -0.3 is 4.52 Å². The van der Waals surface area contributed by atoms with E-state index in [4.69, 9.17) is 4.52 Å². The van der Waals surface area contributed by atoms with Gasteiger partial charge in [-0.05, 0) is 24.3 Å². The number of halogens is 10. The molecule has 0 saturated carbocycles. The van der Waals surface area contributed by atoms with Crippen LogP contribution in [-0.2, 0) is 0 Å². The van der Waals surface area contributed by atoms with E-state index in [9.17, 15) is 35.1 Å². The van der Waals surface area contributed by atoms with E-state index < -0.39 is 19.7 Å². The van der Waals surface area contributed by atoms with Gasteiger partial charge in [0.25, 0.3) is 5.89 Å². The summed E-state index contributed by atoms with van der Waals surface area (Å²) in [6.45, 7) is 0. The first-order valence-corrected chi connectivity index (χ1v) is 9.88. The van der Waals surface area contributed by atoms with E-state index in [0.29, 0.717) is 11.7 Å². The Kier molecular flexibility index (Phi) is 7.81. The van der Waals surface area contributed by atoms with Crippen LogP contribution >= 0.6 is 45.2 Å². The minimum Gasteiger partial charge on any atom is -0.334 e. The fraction of sp³-hybridized carbons (Fsp3) is 0.250. The van der Waals surface area contributed by atoms with Gasteiger partial charge in [-0.15, -0.1) is 0 Å². The number of hydrogen-bond acceptors (Lipinski definition) is 5. The Bertz CT molecular complexity index is 901. The van der Waals surface area contributed by atoms with Gasteiger partial charge in [-0.25, -0.2) is 0 Å². The normalized spacial score (nSPS) is 12.8. The lowest BCUT2D eigenvalue weighted by Gasteiger charge is -2.31. The summed E-state index contributed by atoms with van der Waals surface area (Å²) in [6, 6.07) is 7.32. The van der Waals surface area contributed by atoms with Crippen molar-refractivity contribution in [1.82, 2.24) is 20.1 Å². The molecule has 0 aliphatic heterocycles. The van der Waals surface area contributed by atoms with Crippen molar-refractivity contribution in [3.05, 3.63) is 49.1 Å². The monoisotopic (exact) mass is 678 g/mol. The fourth-order valence-corrected chi connectivity index (χ4v) is 2.49. The van der Waals surface area contributed by atoms with Gasteiger partial charge in [0.05, 0.1) is 0 Å². The molecule has 0 radical (unpaired) electrons. The molecule has 0 saturated heterocycles. The van der Waals surface area contributed by atoms with Gasteiger partial charge >= 0.3 is 19.7 Å². The Hall–Kier alpha value is -1.66. The number of pyridine rings is 2. The van der Waals surface area contributed by atoms with Crippen LogP contribution in [0.1, 0.15) is 0 Å². The Morgan fingerprint density at radius 2 is 1.03 bits per heavy atom. The van der Waals surface area contributed by atoms with E-state index in [1.54, 1.807) is 24.8 Å². The lowest BCUT2D eigenvalue weighted by molar-refractivity contribution is -0.312. The summed E-state index contributed by atoms with van der Waals surface area (Å²) in [5.41, 5.74) is 1.73. The predicted molar refractivity (Wildman–Crippen MR) is 109 cm³/mol. The maximum absolute atomic E-state index is 12.2. The summed E-state index contributed by atoms with van der Waals surface area (Å²) in [7, 11) is 0. The molecule has 0 bridgehead atoms. The molecule has 0 N–H and O–H groups in total. The third-order valence-corrected chi connectivity index (χ3v) is 4.75. The van der Waals surface area contributed by atoms with Crippen LogP contribution in [0.15, 0.2) is 53.6 Å². The molecule has 15 heteroatoms. The van der Waals surface area contributed by atoms with Crippen LogP contribution in [0.2, 0.25) is 0 Å². The van der Waals surface area contributed by atoms with Gasteiger partial charge in [0, 0.05) is 81.1 Å². The molecule has 0 unspecified atom stereocenters. The predicted octanol–water partition coefficient (Wildman–Crippen LogP) is 6.51. The SMILES string of the molecule is FC(F)(I)C(F)(F)C(F)(F)C(F)(F)I.c1cc(-c2noc(-c3ccncc3)n2)ccn1. The summed E-state index contributed by atoms with van der Waals surface area (Å²) < 4.78 is 91.3. The zero-order valence-electron chi connectivity index (χ0n) is 14.6. The second kappa shape index (κ2) is 9.45. The summed E-state index contributed by atoms with van der Waals surface area (Å²) in [6.07, 6.45) is 6.76. The Balaban J connectivity index is 0.000000226. The summed E-state index contributed by atoms with van der Waals surface area (Å²) in [5.74, 6) is -11.2. The molecule has 0 aliphatic carbocycles. The topological polar surface area (TPSA) is 64.7 Å². The Morgan fingerprint density at radius 1 is 0.645 bits per heavy atom. The number of nitrogens with zero attached hydrogens (tertiary/aromatic N) is 4. The third-order valence-electron chi connectivity index (χ3n) is 3.40. The van der Waals surface area contributed by atoms with Crippen LogP contribution in [0.3, 0.4) is 0 Å². The molecule has 0 aliphatic rings. The van der Waals surface area contributed by atoms with Crippen molar-refractivity contribution in [3.8, 4) is 22.8 Å². The zero-order chi connectivity index (χ0) is 23.5. The molecule has 0 amide bonds. The number of rotatable bonds is 5. The van der Waals surface area contributed by atoms with E-state index in [0.717, 1.165) is 11.1 Å². The first-order chi connectivity index (χ1) is 14.2. The number of aromatic nitrogens is 4. The van der Waals surface area contributed by atoms with Crippen LogP contribution < -0.4 is 0 Å². The molecule has 3 heterocycles. The highest BCUT2D eigenvalue weighted by Crippen LogP contribution is 2.56. The third kappa shape index (κ3) is 5.78. The van der Waals surface area contributed by atoms with Gasteiger partial charge in [-0.1, -0.05) is 5.16 Å². The van der Waals surface area contributed by atoms with Crippen LogP contribution in [0, 0.1) is 0 Å².